The van der Waals surface area contributed by atoms with Crippen molar-refractivity contribution in [2.45, 2.75) is 30.8 Å². The van der Waals surface area contributed by atoms with Crippen molar-refractivity contribution < 1.29 is 9.90 Å². The van der Waals surface area contributed by atoms with E-state index in [4.69, 9.17) is 5.11 Å². The molecule has 0 unspecified atom stereocenters. The van der Waals surface area contributed by atoms with Gasteiger partial charge in [0.25, 0.3) is 0 Å². The molecular formula is C13H14N2O2S. The molecule has 4 nitrogen and oxygen atoms in total. The number of aliphatic carboxylic acids is 1. The largest absolute Gasteiger partial charge is 0.481 e. The third kappa shape index (κ3) is 2.10. The van der Waals surface area contributed by atoms with E-state index in [2.05, 4.69) is 22.1 Å². The first kappa shape index (κ1) is 11.6. The van der Waals surface area contributed by atoms with Crippen molar-refractivity contribution in [3.8, 4) is 0 Å². The third-order valence-electron chi connectivity index (χ3n) is 3.29. The number of imidazole rings is 1. The predicted octanol–water partition coefficient (Wildman–Crippen LogP) is 2.62. The summed E-state index contributed by atoms with van der Waals surface area (Å²) in [7, 11) is 0. The van der Waals surface area contributed by atoms with Crippen molar-refractivity contribution in [1.82, 2.24) is 9.97 Å². The molecule has 94 valence electrons. The normalized spacial score (nSPS) is 14.7. The highest BCUT2D eigenvalue weighted by Gasteiger charge is 2.15. The van der Waals surface area contributed by atoms with Crippen molar-refractivity contribution >= 4 is 28.8 Å². The fourth-order valence-corrected chi connectivity index (χ4v) is 3.08. The average Bonchev–Trinajstić information content (AvgIpc) is 2.79. The van der Waals surface area contributed by atoms with Crippen molar-refractivity contribution in [3.05, 3.63) is 23.3 Å². The van der Waals surface area contributed by atoms with Gasteiger partial charge in [0, 0.05) is 0 Å². The highest BCUT2D eigenvalue weighted by molar-refractivity contribution is 7.99. The zero-order valence-electron chi connectivity index (χ0n) is 9.90. The van der Waals surface area contributed by atoms with Crippen molar-refractivity contribution in [1.29, 1.82) is 0 Å². The van der Waals surface area contributed by atoms with Gasteiger partial charge in [-0.15, -0.1) is 0 Å². The molecule has 0 saturated heterocycles. The van der Waals surface area contributed by atoms with Crippen LogP contribution in [0.5, 0.6) is 0 Å². The zero-order valence-corrected chi connectivity index (χ0v) is 10.7. The summed E-state index contributed by atoms with van der Waals surface area (Å²) in [4.78, 5) is 18.3. The lowest BCUT2D eigenvalue weighted by atomic mass is 9.91. The van der Waals surface area contributed by atoms with Crippen molar-refractivity contribution in [2.24, 2.45) is 0 Å². The lowest BCUT2D eigenvalue weighted by Gasteiger charge is -2.15. The van der Waals surface area contributed by atoms with Crippen LogP contribution >= 0.6 is 11.8 Å². The maximum Gasteiger partial charge on any atom is 0.313 e. The molecule has 1 aromatic heterocycles. The summed E-state index contributed by atoms with van der Waals surface area (Å²) in [6.07, 6.45) is 4.69. The van der Waals surface area contributed by atoms with Gasteiger partial charge < -0.3 is 10.1 Å². The van der Waals surface area contributed by atoms with Crippen LogP contribution in [0.4, 0.5) is 0 Å². The number of nitrogens with one attached hydrogen (secondary N) is 1. The average molecular weight is 262 g/mol. The van der Waals surface area contributed by atoms with Gasteiger partial charge in [0.15, 0.2) is 5.16 Å². The number of fused-ring (bicyclic) bond motifs is 3. The van der Waals surface area contributed by atoms with Gasteiger partial charge in [-0.25, -0.2) is 4.98 Å². The molecular weight excluding hydrogens is 248 g/mol. The van der Waals surface area contributed by atoms with Crippen molar-refractivity contribution in [3.63, 3.8) is 0 Å². The van der Waals surface area contributed by atoms with Crippen LogP contribution in [0, 0.1) is 0 Å². The van der Waals surface area contributed by atoms with Gasteiger partial charge in [0.2, 0.25) is 0 Å². The van der Waals surface area contributed by atoms with Crippen LogP contribution in [-0.2, 0) is 17.6 Å². The molecule has 0 spiro atoms. The number of nitrogens with zero attached hydrogens (tertiary/aromatic N) is 1. The molecule has 0 fully saturated rings. The Bertz CT molecular complexity index is 606. The van der Waals surface area contributed by atoms with Crippen LogP contribution in [0.1, 0.15) is 24.0 Å². The quantitative estimate of drug-likeness (QED) is 0.834. The Kier molecular flexibility index (Phi) is 2.99. The number of aromatic nitrogens is 2. The molecule has 1 heterocycles. The second-order valence-electron chi connectivity index (χ2n) is 4.53. The highest BCUT2D eigenvalue weighted by Crippen LogP contribution is 2.29. The number of aromatic amines is 1. The van der Waals surface area contributed by atoms with Crippen LogP contribution in [0.2, 0.25) is 0 Å². The number of H-pyrrole nitrogens is 1. The van der Waals surface area contributed by atoms with E-state index in [0.29, 0.717) is 5.16 Å². The van der Waals surface area contributed by atoms with Crippen LogP contribution in [0.15, 0.2) is 17.3 Å². The van der Waals surface area contributed by atoms with Gasteiger partial charge in [0.05, 0.1) is 16.8 Å². The maximum atomic E-state index is 10.6. The summed E-state index contributed by atoms with van der Waals surface area (Å²) in [5.41, 5.74) is 4.79. The summed E-state index contributed by atoms with van der Waals surface area (Å²) in [6.45, 7) is 0. The summed E-state index contributed by atoms with van der Waals surface area (Å²) in [5.74, 6) is -0.773. The number of benzene rings is 1. The van der Waals surface area contributed by atoms with Crippen LogP contribution in [-0.4, -0.2) is 26.8 Å². The monoisotopic (exact) mass is 262 g/mol. The smallest absolute Gasteiger partial charge is 0.313 e. The van der Waals surface area contributed by atoms with Crippen LogP contribution in [0.3, 0.4) is 0 Å². The van der Waals surface area contributed by atoms with Gasteiger partial charge in [-0.2, -0.15) is 0 Å². The van der Waals surface area contributed by atoms with E-state index < -0.39 is 5.97 Å². The van der Waals surface area contributed by atoms with E-state index in [0.717, 1.165) is 23.9 Å². The maximum absolute atomic E-state index is 10.6. The second kappa shape index (κ2) is 4.65. The Hall–Kier alpha value is -1.49. The first-order chi connectivity index (χ1) is 8.74. The number of carbonyl (C=O) groups is 1. The summed E-state index contributed by atoms with van der Waals surface area (Å²) in [5, 5.41) is 9.38. The van der Waals surface area contributed by atoms with E-state index in [9.17, 15) is 4.79 Å². The minimum absolute atomic E-state index is 0.0437. The molecule has 0 bridgehead atoms. The lowest BCUT2D eigenvalue weighted by Crippen LogP contribution is -2.02. The Morgan fingerprint density at radius 3 is 3.06 bits per heavy atom. The van der Waals surface area contributed by atoms with Crippen molar-refractivity contribution in [2.75, 3.05) is 5.75 Å². The van der Waals surface area contributed by atoms with E-state index in [1.54, 1.807) is 0 Å². The number of rotatable bonds is 3. The van der Waals surface area contributed by atoms with Gasteiger partial charge in [-0.1, -0.05) is 17.8 Å². The third-order valence-corrected chi connectivity index (χ3v) is 4.15. The topological polar surface area (TPSA) is 66.0 Å². The lowest BCUT2D eigenvalue weighted by molar-refractivity contribution is -0.133. The van der Waals surface area contributed by atoms with Gasteiger partial charge in [-0.05, 0) is 42.9 Å². The van der Waals surface area contributed by atoms with Gasteiger partial charge >= 0.3 is 5.97 Å². The Balaban J connectivity index is 1.98. The SMILES string of the molecule is O=C(O)CSc1nc2c3c(ccc2[nH]1)CCCC3. The number of carboxylic acids is 1. The minimum Gasteiger partial charge on any atom is -0.481 e. The molecule has 1 aliphatic carbocycles. The molecule has 1 aromatic carbocycles. The Morgan fingerprint density at radius 1 is 1.39 bits per heavy atom. The molecule has 1 aliphatic rings. The van der Waals surface area contributed by atoms with E-state index >= 15 is 0 Å². The van der Waals surface area contributed by atoms with Crippen LogP contribution < -0.4 is 0 Å². The molecule has 0 saturated carbocycles. The zero-order chi connectivity index (χ0) is 12.5. The second-order valence-corrected chi connectivity index (χ2v) is 5.49. The Morgan fingerprint density at radius 2 is 2.22 bits per heavy atom. The minimum atomic E-state index is -0.817. The predicted molar refractivity (Wildman–Crippen MR) is 71.1 cm³/mol. The number of hydrogen-bond donors (Lipinski definition) is 2. The van der Waals surface area contributed by atoms with E-state index in [-0.39, 0.29) is 5.75 Å². The molecule has 2 aromatic rings. The van der Waals surface area contributed by atoms with Crippen LogP contribution in [0.25, 0.3) is 11.0 Å². The summed E-state index contributed by atoms with van der Waals surface area (Å²) >= 11 is 1.24. The van der Waals surface area contributed by atoms with Gasteiger partial charge in [0.1, 0.15) is 0 Å². The van der Waals surface area contributed by atoms with E-state index in [1.165, 1.54) is 35.7 Å². The summed E-state index contributed by atoms with van der Waals surface area (Å²) in [6, 6.07) is 4.22. The molecule has 0 aliphatic heterocycles. The molecule has 18 heavy (non-hydrogen) atoms. The molecule has 0 amide bonds. The summed E-state index contributed by atoms with van der Waals surface area (Å²) < 4.78 is 0. The fraction of sp³-hybridized carbons (Fsp3) is 0.385. The fourth-order valence-electron chi connectivity index (χ4n) is 2.48. The highest BCUT2D eigenvalue weighted by atomic mass is 32.2. The van der Waals surface area contributed by atoms with Gasteiger partial charge in [-0.3, -0.25) is 4.79 Å². The number of carboxylic acid groups (broad SMARTS) is 1. The standard InChI is InChI=1S/C13H14N2O2S/c16-11(17)7-18-13-14-10-6-5-8-3-1-2-4-9(8)12(10)15-13/h5-6H,1-4,7H2,(H,14,15)(H,16,17). The molecule has 5 heteroatoms. The number of thioether (sulfide) groups is 1. The number of hydrogen-bond acceptors (Lipinski definition) is 3. The molecule has 0 atom stereocenters. The molecule has 2 N–H and O–H groups in total. The molecule has 0 radical (unpaired) electrons. The first-order valence-corrected chi connectivity index (χ1v) is 7.07. The molecule has 3 rings (SSSR count). The Labute approximate surface area is 109 Å². The first-order valence-electron chi connectivity index (χ1n) is 6.09. The number of aryl methyl sites for hydroxylation is 2. The van der Waals surface area contributed by atoms with E-state index in [1.807, 2.05) is 0 Å².